The minimum atomic E-state index is 0.437. The van der Waals surface area contributed by atoms with Crippen LogP contribution in [0.15, 0.2) is 18.3 Å². The van der Waals surface area contributed by atoms with E-state index >= 15 is 0 Å². The van der Waals surface area contributed by atoms with Gasteiger partial charge in [0.25, 0.3) is 0 Å². The fraction of sp³-hybridized carbons (Fsp3) is 0.643. The van der Waals surface area contributed by atoms with E-state index < -0.39 is 0 Å². The van der Waals surface area contributed by atoms with Crippen molar-refractivity contribution in [1.29, 1.82) is 0 Å². The number of hydrogen-bond donors (Lipinski definition) is 1. The summed E-state index contributed by atoms with van der Waals surface area (Å²) in [5, 5.41) is 3.55. The SMILES string of the molecule is COc1cc(NC(CC(C)C)CN(C)C)ccn1. The Kier molecular flexibility index (Phi) is 5.92. The number of aromatic nitrogens is 1. The highest BCUT2D eigenvalue weighted by Crippen LogP contribution is 2.17. The topological polar surface area (TPSA) is 37.4 Å². The molecule has 0 fully saturated rings. The van der Waals surface area contributed by atoms with E-state index in [2.05, 4.69) is 43.1 Å². The number of nitrogens with zero attached hydrogens (tertiary/aromatic N) is 2. The minimum Gasteiger partial charge on any atom is -0.481 e. The first-order valence-corrected chi connectivity index (χ1v) is 6.42. The smallest absolute Gasteiger partial charge is 0.214 e. The minimum absolute atomic E-state index is 0.437. The van der Waals surface area contributed by atoms with E-state index in [1.165, 1.54) is 0 Å². The lowest BCUT2D eigenvalue weighted by atomic mass is 10.0. The number of ether oxygens (including phenoxy) is 1. The van der Waals surface area contributed by atoms with Gasteiger partial charge in [-0.15, -0.1) is 0 Å². The Hall–Kier alpha value is -1.29. The molecule has 1 rings (SSSR count). The highest BCUT2D eigenvalue weighted by atomic mass is 16.5. The molecule has 0 saturated carbocycles. The third kappa shape index (κ3) is 5.36. The third-order valence-corrected chi connectivity index (χ3v) is 2.66. The van der Waals surface area contributed by atoms with Crippen molar-refractivity contribution >= 4 is 5.69 Å². The fourth-order valence-electron chi connectivity index (χ4n) is 2.04. The number of methoxy groups -OCH3 is 1. The average molecular weight is 251 g/mol. The molecule has 0 amide bonds. The molecule has 0 aliphatic carbocycles. The summed E-state index contributed by atoms with van der Waals surface area (Å²) in [6.07, 6.45) is 2.91. The molecule has 1 unspecified atom stereocenters. The number of nitrogens with one attached hydrogen (secondary N) is 1. The van der Waals surface area contributed by atoms with Crippen LogP contribution in [-0.2, 0) is 0 Å². The lowest BCUT2D eigenvalue weighted by Gasteiger charge is -2.25. The van der Waals surface area contributed by atoms with Gasteiger partial charge in [-0.3, -0.25) is 0 Å². The number of pyridine rings is 1. The summed E-state index contributed by atoms with van der Waals surface area (Å²) in [6, 6.07) is 4.35. The molecule has 1 heterocycles. The van der Waals surface area contributed by atoms with Gasteiger partial charge in [-0.05, 0) is 32.5 Å². The predicted molar refractivity (Wildman–Crippen MR) is 76.2 cm³/mol. The molecular formula is C14H25N3O. The number of rotatable bonds is 7. The van der Waals surface area contributed by atoms with Gasteiger partial charge in [0.15, 0.2) is 0 Å². The largest absolute Gasteiger partial charge is 0.481 e. The molecule has 0 aliphatic heterocycles. The average Bonchev–Trinajstić information content (AvgIpc) is 2.27. The van der Waals surface area contributed by atoms with Crippen molar-refractivity contribution in [3.63, 3.8) is 0 Å². The van der Waals surface area contributed by atoms with Gasteiger partial charge in [0.05, 0.1) is 7.11 Å². The zero-order chi connectivity index (χ0) is 13.5. The molecule has 1 N–H and O–H groups in total. The Morgan fingerprint density at radius 3 is 2.67 bits per heavy atom. The van der Waals surface area contributed by atoms with E-state index in [1.807, 2.05) is 12.1 Å². The molecule has 1 aromatic heterocycles. The molecule has 0 bridgehead atoms. The molecule has 0 spiro atoms. The zero-order valence-electron chi connectivity index (χ0n) is 12.1. The number of hydrogen-bond acceptors (Lipinski definition) is 4. The van der Waals surface area contributed by atoms with Crippen LogP contribution in [0.4, 0.5) is 5.69 Å². The molecule has 1 aromatic rings. The van der Waals surface area contributed by atoms with Crippen molar-refractivity contribution in [3.05, 3.63) is 18.3 Å². The van der Waals surface area contributed by atoms with Crippen LogP contribution < -0.4 is 10.1 Å². The predicted octanol–water partition coefficient (Wildman–Crippen LogP) is 2.48. The molecule has 0 radical (unpaired) electrons. The van der Waals surface area contributed by atoms with Gasteiger partial charge >= 0.3 is 0 Å². The first kappa shape index (κ1) is 14.8. The van der Waals surface area contributed by atoms with Crippen molar-refractivity contribution in [1.82, 2.24) is 9.88 Å². The van der Waals surface area contributed by atoms with Crippen molar-refractivity contribution in [2.24, 2.45) is 5.92 Å². The number of anilines is 1. The van der Waals surface area contributed by atoms with Gasteiger partial charge in [-0.2, -0.15) is 0 Å². The summed E-state index contributed by atoms with van der Waals surface area (Å²) < 4.78 is 5.14. The van der Waals surface area contributed by atoms with Gasteiger partial charge < -0.3 is 15.0 Å². The maximum atomic E-state index is 5.14. The fourth-order valence-corrected chi connectivity index (χ4v) is 2.04. The summed E-state index contributed by atoms with van der Waals surface area (Å²) in [6.45, 7) is 5.51. The van der Waals surface area contributed by atoms with Crippen molar-refractivity contribution < 1.29 is 4.74 Å². The Bertz CT molecular complexity index is 343. The first-order chi connectivity index (χ1) is 8.51. The van der Waals surface area contributed by atoms with Crippen LogP contribution in [0.3, 0.4) is 0 Å². The van der Waals surface area contributed by atoms with Gasteiger partial charge in [-0.1, -0.05) is 13.8 Å². The Balaban J connectivity index is 2.68. The molecule has 1 atom stereocenters. The highest BCUT2D eigenvalue weighted by molar-refractivity contribution is 5.45. The molecule has 102 valence electrons. The Morgan fingerprint density at radius 1 is 1.39 bits per heavy atom. The van der Waals surface area contributed by atoms with E-state index in [-0.39, 0.29) is 0 Å². The molecule has 0 saturated heterocycles. The molecule has 4 nitrogen and oxygen atoms in total. The van der Waals surface area contributed by atoms with Crippen LogP contribution in [0, 0.1) is 5.92 Å². The highest BCUT2D eigenvalue weighted by Gasteiger charge is 2.12. The Labute approximate surface area is 110 Å². The summed E-state index contributed by atoms with van der Waals surface area (Å²) >= 11 is 0. The monoisotopic (exact) mass is 251 g/mol. The Morgan fingerprint density at radius 2 is 2.11 bits per heavy atom. The molecule has 0 aromatic carbocycles. The van der Waals surface area contributed by atoms with Crippen LogP contribution in [0.1, 0.15) is 20.3 Å². The lowest BCUT2D eigenvalue weighted by molar-refractivity contribution is 0.356. The maximum absolute atomic E-state index is 5.14. The van der Waals surface area contributed by atoms with Crippen molar-refractivity contribution in [2.45, 2.75) is 26.3 Å². The van der Waals surface area contributed by atoms with Crippen molar-refractivity contribution in [2.75, 3.05) is 33.1 Å². The van der Waals surface area contributed by atoms with Crippen LogP contribution in [0.5, 0.6) is 5.88 Å². The summed E-state index contributed by atoms with van der Waals surface area (Å²) in [5.74, 6) is 1.32. The van der Waals surface area contributed by atoms with Crippen LogP contribution in [0.25, 0.3) is 0 Å². The van der Waals surface area contributed by atoms with Crippen molar-refractivity contribution in [3.8, 4) is 5.88 Å². The normalized spacial score (nSPS) is 12.8. The molecule has 0 aliphatic rings. The molecule has 18 heavy (non-hydrogen) atoms. The van der Waals surface area contributed by atoms with E-state index in [1.54, 1.807) is 13.3 Å². The third-order valence-electron chi connectivity index (χ3n) is 2.66. The lowest BCUT2D eigenvalue weighted by Crippen LogP contribution is -2.33. The standard InChI is InChI=1S/C14H25N3O/c1-11(2)8-13(10-17(3)4)16-12-6-7-15-14(9-12)18-5/h6-7,9,11,13H,8,10H2,1-5H3,(H,15,16). The summed E-state index contributed by atoms with van der Waals surface area (Å²) in [7, 11) is 5.84. The molecular weight excluding hydrogens is 226 g/mol. The van der Waals surface area contributed by atoms with Gasteiger partial charge in [0.2, 0.25) is 5.88 Å². The maximum Gasteiger partial charge on any atom is 0.214 e. The van der Waals surface area contributed by atoms with Gasteiger partial charge in [-0.25, -0.2) is 4.98 Å². The second kappa shape index (κ2) is 7.21. The molecule has 4 heteroatoms. The van der Waals surface area contributed by atoms with E-state index in [0.29, 0.717) is 17.8 Å². The van der Waals surface area contributed by atoms with Gasteiger partial charge in [0, 0.05) is 30.5 Å². The van der Waals surface area contributed by atoms with Crippen LogP contribution in [-0.4, -0.2) is 43.7 Å². The van der Waals surface area contributed by atoms with E-state index in [4.69, 9.17) is 4.74 Å². The zero-order valence-corrected chi connectivity index (χ0v) is 12.1. The second-order valence-corrected chi connectivity index (χ2v) is 5.32. The quantitative estimate of drug-likeness (QED) is 0.808. The van der Waals surface area contributed by atoms with E-state index in [9.17, 15) is 0 Å². The number of likely N-dealkylation sites (N-methyl/N-ethyl adjacent to an activating group) is 1. The second-order valence-electron chi connectivity index (χ2n) is 5.32. The first-order valence-electron chi connectivity index (χ1n) is 6.42. The summed E-state index contributed by atoms with van der Waals surface area (Å²) in [5.41, 5.74) is 1.06. The van der Waals surface area contributed by atoms with Gasteiger partial charge in [0.1, 0.15) is 0 Å². The van der Waals surface area contributed by atoms with E-state index in [0.717, 1.165) is 18.7 Å². The van der Waals surface area contributed by atoms with Crippen LogP contribution >= 0.6 is 0 Å². The van der Waals surface area contributed by atoms with Crippen LogP contribution in [0.2, 0.25) is 0 Å². The summed E-state index contributed by atoms with van der Waals surface area (Å²) in [4.78, 5) is 6.32.